The van der Waals surface area contributed by atoms with Crippen LogP contribution >= 0.6 is 0 Å². The molecule has 0 radical (unpaired) electrons. The third kappa shape index (κ3) is 11.4. The number of benzene rings is 2. The first-order valence-corrected chi connectivity index (χ1v) is 14.2. The Labute approximate surface area is 244 Å². The molecule has 4 unspecified atom stereocenters. The Morgan fingerprint density at radius 2 is 1.27 bits per heavy atom. The van der Waals surface area contributed by atoms with E-state index in [0.717, 1.165) is 11.1 Å². The van der Waals surface area contributed by atoms with Crippen LogP contribution in [0, 0.1) is 5.41 Å². The highest BCUT2D eigenvalue weighted by molar-refractivity contribution is 5.85. The summed E-state index contributed by atoms with van der Waals surface area (Å²) in [7, 11) is 0. The highest BCUT2D eigenvalue weighted by Crippen LogP contribution is 2.30. The fourth-order valence-electron chi connectivity index (χ4n) is 4.03. The monoisotopic (exact) mass is 571 g/mol. The topological polar surface area (TPSA) is 140 Å². The molecule has 6 N–H and O–H groups in total. The van der Waals surface area contributed by atoms with Gasteiger partial charge in [0, 0.05) is 25.0 Å². The first kappa shape index (κ1) is 34.2. The third-order valence-corrected chi connectivity index (χ3v) is 7.13. The Hall–Kier alpha value is -2.98. The van der Waals surface area contributed by atoms with Crippen LogP contribution in [0.2, 0.25) is 0 Å². The summed E-state index contributed by atoms with van der Waals surface area (Å²) >= 11 is 0. The molecule has 5 atom stereocenters. The molecule has 0 aliphatic carbocycles. The molecule has 0 aromatic heterocycles. The number of aliphatic hydroxyl groups is 3. The normalized spacial score (nSPS) is 16.5. The van der Waals surface area contributed by atoms with Gasteiger partial charge in [-0.25, -0.2) is 4.79 Å². The van der Waals surface area contributed by atoms with Gasteiger partial charge in [0.1, 0.15) is 17.8 Å². The summed E-state index contributed by atoms with van der Waals surface area (Å²) in [5, 5.41) is 41.6. The largest absolute Gasteiger partial charge is 0.443 e. The van der Waals surface area contributed by atoms with E-state index in [9.17, 15) is 24.9 Å². The van der Waals surface area contributed by atoms with E-state index >= 15 is 0 Å². The average molecular weight is 572 g/mol. The predicted octanol–water partition coefficient (Wildman–Crippen LogP) is 2.96. The number of hydrogen-bond acceptors (Lipinski definition) is 7. The Kier molecular flexibility index (Phi) is 12.3. The quantitative estimate of drug-likeness (QED) is 0.217. The number of hydrogen-bond donors (Lipinski definition) is 6. The number of ether oxygens (including phenoxy) is 1. The molecule has 0 saturated heterocycles. The molecule has 0 saturated carbocycles. The molecule has 2 amide bonds. The second-order valence-electron chi connectivity index (χ2n) is 12.9. The number of carbonyl (C=O) groups excluding carboxylic acids is 2. The minimum Gasteiger partial charge on any atom is -0.443 e. The van der Waals surface area contributed by atoms with E-state index in [-0.39, 0.29) is 13.1 Å². The van der Waals surface area contributed by atoms with Gasteiger partial charge in [0.15, 0.2) is 0 Å². The van der Waals surface area contributed by atoms with Crippen LogP contribution in [0.5, 0.6) is 0 Å². The standard InChI is InChI=1S/C32H49N3O6/c1-30(2,3)32(7,40)28(38)34-24(18-22-14-10-8-11-15-22)25(36)20-33-21-26(37)27(19-23-16-12-9-13-17-23)41-29(39)35-31(4,5)6/h8-17,24-27,33,36-37,40H,18-21H2,1-7H3,(H,34,38)(H,35,39)/t24?,25?,26?,27-,32?/m0/s1. The molecule has 0 spiro atoms. The van der Waals surface area contributed by atoms with Crippen molar-refractivity contribution in [2.75, 3.05) is 13.1 Å². The lowest BCUT2D eigenvalue weighted by Crippen LogP contribution is -2.59. The molecule has 41 heavy (non-hydrogen) atoms. The molecule has 0 bridgehead atoms. The van der Waals surface area contributed by atoms with Gasteiger partial charge in [0.05, 0.1) is 12.1 Å². The van der Waals surface area contributed by atoms with E-state index < -0.39 is 52.9 Å². The van der Waals surface area contributed by atoms with Gasteiger partial charge in [-0.1, -0.05) is 81.4 Å². The Morgan fingerprint density at radius 3 is 1.76 bits per heavy atom. The zero-order valence-corrected chi connectivity index (χ0v) is 25.5. The zero-order valence-electron chi connectivity index (χ0n) is 25.5. The van der Waals surface area contributed by atoms with Crippen molar-refractivity contribution < 1.29 is 29.6 Å². The van der Waals surface area contributed by atoms with Gasteiger partial charge < -0.3 is 36.0 Å². The molecule has 228 valence electrons. The maximum Gasteiger partial charge on any atom is 0.407 e. The highest BCUT2D eigenvalue weighted by atomic mass is 16.6. The highest BCUT2D eigenvalue weighted by Gasteiger charge is 2.43. The second kappa shape index (κ2) is 14.8. The summed E-state index contributed by atoms with van der Waals surface area (Å²) in [4.78, 5) is 25.6. The van der Waals surface area contributed by atoms with Crippen LogP contribution in [0.15, 0.2) is 60.7 Å². The lowest BCUT2D eigenvalue weighted by Gasteiger charge is -2.37. The molecule has 2 aromatic carbocycles. The molecule has 9 heteroatoms. The molecule has 0 aliphatic rings. The van der Waals surface area contributed by atoms with E-state index in [1.165, 1.54) is 6.92 Å². The van der Waals surface area contributed by atoms with Crippen molar-refractivity contribution in [2.45, 2.75) is 96.8 Å². The van der Waals surface area contributed by atoms with Crippen LogP contribution in [-0.2, 0) is 22.4 Å². The van der Waals surface area contributed by atoms with Gasteiger partial charge in [-0.05, 0) is 50.7 Å². The summed E-state index contributed by atoms with van der Waals surface area (Å²) < 4.78 is 5.61. The molecule has 2 aromatic rings. The van der Waals surface area contributed by atoms with Crippen molar-refractivity contribution >= 4 is 12.0 Å². The summed E-state index contributed by atoms with van der Waals surface area (Å²) in [5.41, 5.74) is -1.09. The van der Waals surface area contributed by atoms with Crippen molar-refractivity contribution in [2.24, 2.45) is 5.41 Å². The van der Waals surface area contributed by atoms with Crippen molar-refractivity contribution in [1.82, 2.24) is 16.0 Å². The minimum absolute atomic E-state index is 0.0308. The minimum atomic E-state index is -1.67. The van der Waals surface area contributed by atoms with E-state index in [0.29, 0.717) is 12.8 Å². The van der Waals surface area contributed by atoms with Gasteiger partial charge in [-0.3, -0.25) is 4.79 Å². The predicted molar refractivity (Wildman–Crippen MR) is 160 cm³/mol. The van der Waals surface area contributed by atoms with Crippen LogP contribution < -0.4 is 16.0 Å². The number of rotatable bonds is 13. The molecule has 9 nitrogen and oxygen atoms in total. The fraction of sp³-hybridized carbons (Fsp3) is 0.562. The van der Waals surface area contributed by atoms with Crippen molar-refractivity contribution in [3.63, 3.8) is 0 Å². The Balaban J connectivity index is 2.09. The van der Waals surface area contributed by atoms with Gasteiger partial charge >= 0.3 is 6.09 Å². The maximum atomic E-state index is 13.1. The van der Waals surface area contributed by atoms with Gasteiger partial charge in [-0.2, -0.15) is 0 Å². The summed E-state index contributed by atoms with van der Waals surface area (Å²) in [6.07, 6.45) is -2.94. The number of aliphatic hydroxyl groups excluding tert-OH is 2. The van der Waals surface area contributed by atoms with Crippen LogP contribution in [0.3, 0.4) is 0 Å². The Bertz CT molecular complexity index is 1080. The van der Waals surface area contributed by atoms with Crippen LogP contribution in [0.1, 0.15) is 59.6 Å². The van der Waals surface area contributed by atoms with Gasteiger partial charge in [0.25, 0.3) is 5.91 Å². The smallest absolute Gasteiger partial charge is 0.407 e. The van der Waals surface area contributed by atoms with Crippen LogP contribution in [-0.4, -0.2) is 75.9 Å². The average Bonchev–Trinajstić information content (AvgIpc) is 2.87. The van der Waals surface area contributed by atoms with Gasteiger partial charge in [0.2, 0.25) is 0 Å². The molecular formula is C32H49N3O6. The first-order valence-electron chi connectivity index (χ1n) is 14.2. The number of amides is 2. The van der Waals surface area contributed by atoms with Crippen LogP contribution in [0.25, 0.3) is 0 Å². The molecule has 0 aliphatic heterocycles. The first-order chi connectivity index (χ1) is 19.0. The maximum absolute atomic E-state index is 13.1. The van der Waals surface area contributed by atoms with E-state index in [1.807, 2.05) is 81.4 Å². The molecule has 0 heterocycles. The molecular weight excluding hydrogens is 522 g/mol. The van der Waals surface area contributed by atoms with Crippen molar-refractivity contribution in [1.29, 1.82) is 0 Å². The summed E-state index contributed by atoms with van der Waals surface area (Å²) in [5.74, 6) is -0.578. The second-order valence-corrected chi connectivity index (χ2v) is 12.9. The SMILES string of the molecule is CC(C)(C)NC(=O)O[C@@H](Cc1ccccc1)C(O)CNCC(O)C(Cc1ccccc1)NC(=O)C(C)(O)C(C)(C)C. The summed E-state index contributed by atoms with van der Waals surface area (Å²) in [6.45, 7) is 12.4. The van der Waals surface area contributed by atoms with E-state index in [4.69, 9.17) is 4.74 Å². The fourth-order valence-corrected chi connectivity index (χ4v) is 4.03. The Morgan fingerprint density at radius 1 is 0.780 bits per heavy atom. The lowest BCUT2D eigenvalue weighted by molar-refractivity contribution is -0.150. The number of nitrogens with one attached hydrogen (secondary N) is 3. The van der Waals surface area contributed by atoms with Crippen molar-refractivity contribution in [3.8, 4) is 0 Å². The van der Waals surface area contributed by atoms with E-state index in [1.54, 1.807) is 20.8 Å². The van der Waals surface area contributed by atoms with E-state index in [2.05, 4.69) is 16.0 Å². The third-order valence-electron chi connectivity index (χ3n) is 7.13. The molecule has 2 rings (SSSR count). The number of carbonyl (C=O) groups is 2. The van der Waals surface area contributed by atoms with Gasteiger partial charge in [-0.15, -0.1) is 0 Å². The van der Waals surface area contributed by atoms with Crippen molar-refractivity contribution in [3.05, 3.63) is 71.8 Å². The molecule has 0 fully saturated rings. The zero-order chi connectivity index (χ0) is 30.8. The van der Waals surface area contributed by atoms with Crippen LogP contribution in [0.4, 0.5) is 4.79 Å². The number of alkyl carbamates (subject to hydrolysis) is 1. The summed E-state index contributed by atoms with van der Waals surface area (Å²) in [6, 6.07) is 18.2. The lowest BCUT2D eigenvalue weighted by atomic mass is 9.77.